The molecule has 2 unspecified atom stereocenters. The first-order chi connectivity index (χ1) is 9.54. The molecule has 2 rings (SSSR count). The van der Waals surface area contributed by atoms with Gasteiger partial charge >= 0.3 is 0 Å². The van der Waals surface area contributed by atoms with Crippen LogP contribution in [0.2, 0.25) is 0 Å². The van der Waals surface area contributed by atoms with Crippen LogP contribution in [0.4, 0.5) is 0 Å². The maximum atomic E-state index is 12.7. The highest BCUT2D eigenvalue weighted by molar-refractivity contribution is 5.84. The molecule has 4 heteroatoms. The van der Waals surface area contributed by atoms with Crippen LogP contribution in [0.25, 0.3) is 0 Å². The van der Waals surface area contributed by atoms with E-state index in [2.05, 4.69) is 43.1 Å². The van der Waals surface area contributed by atoms with Crippen molar-refractivity contribution >= 4 is 5.91 Å². The van der Waals surface area contributed by atoms with E-state index in [1.54, 1.807) is 0 Å². The number of nitrogens with zero attached hydrogens (tertiary/aromatic N) is 2. The van der Waals surface area contributed by atoms with Gasteiger partial charge in [-0.15, -0.1) is 0 Å². The first kappa shape index (κ1) is 15.8. The smallest absolute Gasteiger partial charge is 0.241 e. The van der Waals surface area contributed by atoms with Gasteiger partial charge in [0.2, 0.25) is 5.91 Å². The summed E-state index contributed by atoms with van der Waals surface area (Å²) < 4.78 is 0. The summed E-state index contributed by atoms with van der Waals surface area (Å²) in [7, 11) is 4.34. The zero-order valence-electron chi connectivity index (χ0n) is 13.6. The van der Waals surface area contributed by atoms with Gasteiger partial charge < -0.3 is 9.80 Å². The lowest BCUT2D eigenvalue weighted by Crippen LogP contribution is -2.53. The molecule has 2 aliphatic rings. The second kappa shape index (κ2) is 6.44. The molecule has 0 radical (unpaired) electrons. The van der Waals surface area contributed by atoms with Crippen molar-refractivity contribution in [3.8, 4) is 0 Å². The molecule has 2 fully saturated rings. The predicted molar refractivity (Wildman–Crippen MR) is 82.5 cm³/mol. The maximum absolute atomic E-state index is 12.7. The zero-order chi connectivity index (χ0) is 14.8. The van der Waals surface area contributed by atoms with E-state index in [0.717, 1.165) is 25.8 Å². The van der Waals surface area contributed by atoms with Gasteiger partial charge in [-0.25, -0.2) is 0 Å². The summed E-state index contributed by atoms with van der Waals surface area (Å²) in [6.07, 6.45) is 8.28. The van der Waals surface area contributed by atoms with Crippen LogP contribution in [-0.4, -0.2) is 54.1 Å². The van der Waals surface area contributed by atoms with E-state index in [1.807, 2.05) is 0 Å². The molecule has 1 amide bonds. The molecule has 116 valence electrons. The number of hydrogen-bond donors (Lipinski definition) is 1. The summed E-state index contributed by atoms with van der Waals surface area (Å²) in [6, 6.07) is 0.0468. The highest BCUT2D eigenvalue weighted by Crippen LogP contribution is 2.36. The van der Waals surface area contributed by atoms with Gasteiger partial charge in [-0.3, -0.25) is 10.1 Å². The van der Waals surface area contributed by atoms with Gasteiger partial charge in [-0.1, -0.05) is 33.1 Å². The molecule has 0 spiro atoms. The van der Waals surface area contributed by atoms with Crippen molar-refractivity contribution in [2.75, 3.05) is 20.6 Å². The molecule has 20 heavy (non-hydrogen) atoms. The van der Waals surface area contributed by atoms with Gasteiger partial charge in [0.25, 0.3) is 0 Å². The van der Waals surface area contributed by atoms with Crippen molar-refractivity contribution in [1.29, 1.82) is 0 Å². The molecule has 1 N–H and O–H groups in total. The Morgan fingerprint density at radius 1 is 1.30 bits per heavy atom. The van der Waals surface area contributed by atoms with Crippen molar-refractivity contribution in [3.63, 3.8) is 0 Å². The molecule has 4 nitrogen and oxygen atoms in total. The predicted octanol–water partition coefficient (Wildman–Crippen LogP) is 2.20. The van der Waals surface area contributed by atoms with Crippen molar-refractivity contribution in [3.05, 3.63) is 0 Å². The van der Waals surface area contributed by atoms with Gasteiger partial charge in [0.15, 0.2) is 0 Å². The van der Waals surface area contributed by atoms with Crippen LogP contribution in [0.15, 0.2) is 0 Å². The lowest BCUT2D eigenvalue weighted by Gasteiger charge is -2.41. The standard InChI is InChI=1S/C16H31N3O/c1-5-9-13-15(20)19(14(6-2)17-13)12-16(18(3)4)10-7-8-11-16/h13-14,17H,5-12H2,1-4H3. The zero-order valence-corrected chi connectivity index (χ0v) is 13.6. The Bertz CT molecular complexity index is 337. The third-order valence-electron chi connectivity index (χ3n) is 5.26. The number of carbonyl (C=O) groups excluding carboxylic acids is 1. The Balaban J connectivity index is 2.11. The number of carbonyl (C=O) groups is 1. The lowest BCUT2D eigenvalue weighted by molar-refractivity contribution is -0.132. The quantitative estimate of drug-likeness (QED) is 0.811. The largest absolute Gasteiger partial charge is 0.324 e. The van der Waals surface area contributed by atoms with Crippen LogP contribution in [0.5, 0.6) is 0 Å². The fraction of sp³-hybridized carbons (Fsp3) is 0.938. The van der Waals surface area contributed by atoms with E-state index in [9.17, 15) is 4.79 Å². The SMILES string of the molecule is CCCC1NC(CC)N(CC2(N(C)C)CCCC2)C1=O. The lowest BCUT2D eigenvalue weighted by atomic mass is 9.94. The summed E-state index contributed by atoms with van der Waals surface area (Å²) in [5.74, 6) is 0.326. The summed E-state index contributed by atoms with van der Waals surface area (Å²) in [6.45, 7) is 5.21. The molecule has 2 atom stereocenters. The number of likely N-dealkylation sites (N-methyl/N-ethyl adjacent to an activating group) is 1. The minimum absolute atomic E-state index is 0.0468. The normalized spacial score (nSPS) is 29.6. The maximum Gasteiger partial charge on any atom is 0.241 e. The third-order valence-corrected chi connectivity index (χ3v) is 5.26. The number of rotatable bonds is 6. The highest BCUT2D eigenvalue weighted by atomic mass is 16.2. The van der Waals surface area contributed by atoms with E-state index < -0.39 is 0 Å². The van der Waals surface area contributed by atoms with Gasteiger partial charge in [0.1, 0.15) is 0 Å². The molecule has 1 heterocycles. The van der Waals surface area contributed by atoms with Gasteiger partial charge in [0.05, 0.1) is 12.2 Å². The molecule has 0 bridgehead atoms. The van der Waals surface area contributed by atoms with Crippen LogP contribution in [0.1, 0.15) is 58.8 Å². The van der Waals surface area contributed by atoms with Crippen LogP contribution in [0.3, 0.4) is 0 Å². The first-order valence-electron chi connectivity index (χ1n) is 8.28. The van der Waals surface area contributed by atoms with Crippen molar-refractivity contribution < 1.29 is 4.79 Å². The summed E-state index contributed by atoms with van der Waals surface area (Å²) in [5.41, 5.74) is 0.200. The Hall–Kier alpha value is -0.610. The average Bonchev–Trinajstić information content (AvgIpc) is 3.00. The molecule has 1 aliphatic carbocycles. The molecule has 0 aromatic carbocycles. The molecule has 1 aliphatic heterocycles. The molecule has 1 saturated carbocycles. The number of hydrogen-bond acceptors (Lipinski definition) is 3. The average molecular weight is 281 g/mol. The highest BCUT2D eigenvalue weighted by Gasteiger charge is 2.44. The van der Waals surface area contributed by atoms with Crippen LogP contribution in [-0.2, 0) is 4.79 Å². The second-order valence-corrected chi connectivity index (χ2v) is 6.72. The summed E-state index contributed by atoms with van der Waals surface area (Å²) >= 11 is 0. The molecule has 0 aromatic rings. The van der Waals surface area contributed by atoms with Crippen LogP contribution in [0, 0.1) is 0 Å². The van der Waals surface area contributed by atoms with Gasteiger partial charge in [0, 0.05) is 12.1 Å². The topological polar surface area (TPSA) is 35.6 Å². The Morgan fingerprint density at radius 3 is 2.45 bits per heavy atom. The molecule has 0 aromatic heterocycles. The van der Waals surface area contributed by atoms with Crippen molar-refractivity contribution in [2.45, 2.75) is 76.5 Å². The van der Waals surface area contributed by atoms with Crippen LogP contribution >= 0.6 is 0 Å². The van der Waals surface area contributed by atoms with Gasteiger partial charge in [-0.2, -0.15) is 0 Å². The van der Waals surface area contributed by atoms with Crippen molar-refractivity contribution in [1.82, 2.24) is 15.1 Å². The number of nitrogens with one attached hydrogen (secondary N) is 1. The number of amides is 1. The Morgan fingerprint density at radius 2 is 1.95 bits per heavy atom. The minimum atomic E-state index is 0.0468. The van der Waals surface area contributed by atoms with Crippen LogP contribution < -0.4 is 5.32 Å². The molecular weight excluding hydrogens is 250 g/mol. The summed E-state index contributed by atoms with van der Waals surface area (Å²) in [5, 5.41) is 3.53. The van der Waals surface area contributed by atoms with E-state index >= 15 is 0 Å². The first-order valence-corrected chi connectivity index (χ1v) is 8.28. The third kappa shape index (κ3) is 2.86. The van der Waals surface area contributed by atoms with E-state index in [-0.39, 0.29) is 17.7 Å². The second-order valence-electron chi connectivity index (χ2n) is 6.72. The summed E-state index contributed by atoms with van der Waals surface area (Å²) in [4.78, 5) is 17.1. The monoisotopic (exact) mass is 281 g/mol. The fourth-order valence-electron chi connectivity index (χ4n) is 3.87. The minimum Gasteiger partial charge on any atom is -0.324 e. The fourth-order valence-corrected chi connectivity index (χ4v) is 3.87. The van der Waals surface area contributed by atoms with E-state index in [0.29, 0.717) is 5.91 Å². The van der Waals surface area contributed by atoms with E-state index in [4.69, 9.17) is 0 Å². The molecular formula is C16H31N3O. The van der Waals surface area contributed by atoms with Crippen molar-refractivity contribution in [2.24, 2.45) is 0 Å². The van der Waals surface area contributed by atoms with E-state index in [1.165, 1.54) is 25.7 Å². The molecule has 1 saturated heterocycles. The Labute approximate surface area is 123 Å². The Kier molecular flexibility index (Phi) is 5.08. The van der Waals surface area contributed by atoms with Gasteiger partial charge in [-0.05, 0) is 39.8 Å².